The predicted molar refractivity (Wildman–Crippen MR) is 153 cm³/mol. The lowest BCUT2D eigenvalue weighted by atomic mass is 10.0. The van der Waals surface area contributed by atoms with Gasteiger partial charge < -0.3 is 19.1 Å². The number of carbonyl (C=O) groups is 1. The van der Waals surface area contributed by atoms with E-state index in [-0.39, 0.29) is 30.5 Å². The fourth-order valence-electron chi connectivity index (χ4n) is 5.34. The molecule has 5 rings (SSSR count). The fraction of sp³-hybridized carbons (Fsp3) is 0.433. The van der Waals surface area contributed by atoms with Crippen LogP contribution < -0.4 is 9.64 Å². The second-order valence-electron chi connectivity index (χ2n) is 11.4. The first kappa shape index (κ1) is 27.6. The van der Waals surface area contributed by atoms with E-state index in [1.807, 2.05) is 78.2 Å². The Hall–Kier alpha value is -3.92. The molecule has 0 radical (unpaired) electrons. The molecule has 2 aromatic heterocycles. The summed E-state index contributed by atoms with van der Waals surface area (Å²) in [5.74, 6) is 0.147. The Labute approximate surface area is 233 Å². The molecule has 9 nitrogen and oxygen atoms in total. The van der Waals surface area contributed by atoms with Crippen LogP contribution in [0.25, 0.3) is 33.1 Å². The van der Waals surface area contributed by atoms with E-state index in [0.717, 1.165) is 22.2 Å². The molecule has 1 aliphatic rings. The molecule has 1 fully saturated rings. The number of amides is 1. The minimum absolute atomic E-state index is 0.0642. The van der Waals surface area contributed by atoms with Crippen LogP contribution in [0.2, 0.25) is 0 Å². The second-order valence-corrected chi connectivity index (χ2v) is 11.4. The van der Waals surface area contributed by atoms with Crippen molar-refractivity contribution in [2.24, 2.45) is 7.05 Å². The number of pyridine rings is 1. The molecule has 2 atom stereocenters. The number of ether oxygens (including phenoxy) is 3. The molecule has 0 N–H and O–H groups in total. The standard InChI is InChI=1S/C30H36FN5O4/c1-18-14-35(15-19(2)36(18)29(37)40-30(3,4)5)22-10-20-8-9-25(32-28(20)24(31)12-22)23-11-21-16-34(6)33-26(21)13-27(23)39-17-38-7/h8-13,16,18-19H,14-15,17H2,1-7H3/t18-,19+. The summed E-state index contributed by atoms with van der Waals surface area (Å²) in [6.07, 6.45) is 1.59. The molecule has 4 aromatic rings. The molecular formula is C30H36FN5O4. The lowest BCUT2D eigenvalue weighted by Gasteiger charge is -2.45. The summed E-state index contributed by atoms with van der Waals surface area (Å²) < 4.78 is 33.9. The number of piperazine rings is 1. The van der Waals surface area contributed by atoms with E-state index in [2.05, 4.69) is 10.00 Å². The normalized spacial score (nSPS) is 18.0. The van der Waals surface area contributed by atoms with E-state index in [9.17, 15) is 4.79 Å². The van der Waals surface area contributed by atoms with Crippen LogP contribution in [-0.4, -0.2) is 70.4 Å². The first-order valence-corrected chi connectivity index (χ1v) is 13.4. The summed E-state index contributed by atoms with van der Waals surface area (Å²) >= 11 is 0. The molecule has 1 saturated heterocycles. The lowest BCUT2D eigenvalue weighted by Crippen LogP contribution is -2.59. The van der Waals surface area contributed by atoms with Crippen LogP contribution >= 0.6 is 0 Å². The number of benzene rings is 2. The third-order valence-corrected chi connectivity index (χ3v) is 6.95. The summed E-state index contributed by atoms with van der Waals surface area (Å²) in [5.41, 5.74) is 2.56. The Kier molecular flexibility index (Phi) is 7.31. The van der Waals surface area contributed by atoms with Crippen LogP contribution in [0.5, 0.6) is 5.75 Å². The van der Waals surface area contributed by atoms with E-state index in [0.29, 0.717) is 29.9 Å². The molecule has 1 aliphatic heterocycles. The summed E-state index contributed by atoms with van der Waals surface area (Å²) in [4.78, 5) is 21.4. The van der Waals surface area contributed by atoms with Gasteiger partial charge in [0.1, 0.15) is 16.9 Å². The van der Waals surface area contributed by atoms with Gasteiger partial charge in [-0.1, -0.05) is 6.07 Å². The quantitative estimate of drug-likeness (QED) is 0.294. The summed E-state index contributed by atoms with van der Waals surface area (Å²) in [6, 6.07) is 10.8. The molecule has 0 bridgehead atoms. The van der Waals surface area contributed by atoms with E-state index in [1.165, 1.54) is 6.07 Å². The second kappa shape index (κ2) is 10.6. The Morgan fingerprint density at radius 2 is 1.80 bits per heavy atom. The highest BCUT2D eigenvalue weighted by atomic mass is 19.1. The largest absolute Gasteiger partial charge is 0.467 e. The van der Waals surface area contributed by atoms with Crippen molar-refractivity contribution in [3.05, 3.63) is 48.4 Å². The van der Waals surface area contributed by atoms with Crippen molar-refractivity contribution in [3.8, 4) is 17.0 Å². The number of nitrogens with zero attached hydrogens (tertiary/aromatic N) is 5. The lowest BCUT2D eigenvalue weighted by molar-refractivity contribution is 0.00565. The Balaban J connectivity index is 1.45. The monoisotopic (exact) mass is 549 g/mol. The summed E-state index contributed by atoms with van der Waals surface area (Å²) in [5, 5.41) is 6.07. The van der Waals surface area contributed by atoms with Gasteiger partial charge in [0.15, 0.2) is 12.6 Å². The minimum Gasteiger partial charge on any atom is -0.467 e. The van der Waals surface area contributed by atoms with E-state index in [1.54, 1.807) is 16.7 Å². The summed E-state index contributed by atoms with van der Waals surface area (Å²) in [7, 11) is 3.41. The van der Waals surface area contributed by atoms with Gasteiger partial charge in [0.25, 0.3) is 0 Å². The molecule has 1 amide bonds. The predicted octanol–water partition coefficient (Wildman–Crippen LogP) is 5.74. The van der Waals surface area contributed by atoms with Gasteiger partial charge in [-0.25, -0.2) is 14.2 Å². The third kappa shape index (κ3) is 5.54. The van der Waals surface area contributed by atoms with Crippen molar-refractivity contribution < 1.29 is 23.4 Å². The molecule has 212 valence electrons. The molecule has 0 spiro atoms. The SMILES string of the molecule is COCOc1cc2nn(C)cc2cc1-c1ccc2cc(N3C[C@@H](C)N(C(=O)OC(C)(C)C)[C@@H](C)C3)cc(F)c2n1. The number of rotatable bonds is 5. The molecule has 40 heavy (non-hydrogen) atoms. The number of hydrogen-bond donors (Lipinski definition) is 0. The van der Waals surface area contributed by atoms with Crippen molar-refractivity contribution >= 4 is 33.6 Å². The van der Waals surface area contributed by atoms with Crippen LogP contribution in [0, 0.1) is 5.82 Å². The van der Waals surface area contributed by atoms with Gasteiger partial charge in [-0.3, -0.25) is 9.58 Å². The number of carbonyl (C=O) groups excluding carboxylic acids is 1. The van der Waals surface area contributed by atoms with Crippen LogP contribution in [0.3, 0.4) is 0 Å². The van der Waals surface area contributed by atoms with Gasteiger partial charge in [0.2, 0.25) is 0 Å². The Bertz CT molecular complexity index is 1550. The van der Waals surface area contributed by atoms with Gasteiger partial charge in [0, 0.05) is 61.5 Å². The number of aromatic nitrogens is 3. The molecular weight excluding hydrogens is 513 g/mol. The van der Waals surface area contributed by atoms with Crippen LogP contribution in [0.1, 0.15) is 34.6 Å². The number of aryl methyl sites for hydroxylation is 1. The maximum atomic E-state index is 15.6. The van der Waals surface area contributed by atoms with Crippen molar-refractivity contribution in [1.82, 2.24) is 19.7 Å². The smallest absolute Gasteiger partial charge is 0.410 e. The topological polar surface area (TPSA) is 82.0 Å². The number of anilines is 1. The van der Waals surface area contributed by atoms with Crippen molar-refractivity contribution in [1.29, 1.82) is 0 Å². The number of methoxy groups -OCH3 is 1. The van der Waals surface area contributed by atoms with E-state index >= 15 is 4.39 Å². The first-order valence-electron chi connectivity index (χ1n) is 13.4. The van der Waals surface area contributed by atoms with Crippen LogP contribution in [0.15, 0.2) is 42.6 Å². The third-order valence-electron chi connectivity index (χ3n) is 6.95. The minimum atomic E-state index is -0.568. The van der Waals surface area contributed by atoms with Gasteiger partial charge in [-0.15, -0.1) is 0 Å². The molecule has 0 unspecified atom stereocenters. The van der Waals surface area contributed by atoms with Crippen molar-refractivity contribution in [2.45, 2.75) is 52.3 Å². The van der Waals surface area contributed by atoms with E-state index in [4.69, 9.17) is 19.2 Å². The zero-order chi connectivity index (χ0) is 28.8. The number of halogens is 1. The Morgan fingerprint density at radius 1 is 1.07 bits per heavy atom. The molecule has 10 heteroatoms. The number of hydrogen-bond acceptors (Lipinski definition) is 7. The first-order chi connectivity index (χ1) is 18.9. The molecule has 0 aliphatic carbocycles. The van der Waals surface area contributed by atoms with Crippen LogP contribution in [-0.2, 0) is 16.5 Å². The zero-order valence-electron chi connectivity index (χ0n) is 24.1. The van der Waals surface area contributed by atoms with Crippen molar-refractivity contribution in [3.63, 3.8) is 0 Å². The average molecular weight is 550 g/mol. The highest BCUT2D eigenvalue weighted by Gasteiger charge is 2.36. The van der Waals surface area contributed by atoms with Crippen LogP contribution in [0.4, 0.5) is 14.9 Å². The molecule has 2 aromatic carbocycles. The maximum Gasteiger partial charge on any atom is 0.410 e. The van der Waals surface area contributed by atoms with Crippen molar-refractivity contribution in [2.75, 3.05) is 31.9 Å². The highest BCUT2D eigenvalue weighted by molar-refractivity contribution is 5.90. The Morgan fingerprint density at radius 3 is 2.48 bits per heavy atom. The van der Waals surface area contributed by atoms with Gasteiger partial charge >= 0.3 is 6.09 Å². The van der Waals surface area contributed by atoms with Gasteiger partial charge in [-0.2, -0.15) is 5.10 Å². The highest BCUT2D eigenvalue weighted by Crippen LogP contribution is 2.35. The molecule has 3 heterocycles. The van der Waals surface area contributed by atoms with Gasteiger partial charge in [-0.05, 0) is 58.9 Å². The summed E-state index contributed by atoms with van der Waals surface area (Å²) in [6.45, 7) is 10.7. The zero-order valence-corrected chi connectivity index (χ0v) is 24.1. The number of fused-ring (bicyclic) bond motifs is 2. The van der Waals surface area contributed by atoms with E-state index < -0.39 is 11.4 Å². The maximum absolute atomic E-state index is 15.6. The average Bonchev–Trinajstić information content (AvgIpc) is 3.24. The molecule has 0 saturated carbocycles. The fourth-order valence-corrected chi connectivity index (χ4v) is 5.34. The van der Waals surface area contributed by atoms with Gasteiger partial charge in [0.05, 0.1) is 23.3 Å².